The van der Waals surface area contributed by atoms with Crippen LogP contribution < -0.4 is 5.43 Å². The van der Waals surface area contributed by atoms with Crippen LogP contribution in [0.4, 0.5) is 0 Å². The highest BCUT2D eigenvalue weighted by molar-refractivity contribution is 9.10. The summed E-state index contributed by atoms with van der Waals surface area (Å²) in [6.45, 7) is 0. The number of H-pyrrole nitrogens is 1. The molecule has 1 aromatic carbocycles. The molecule has 1 aromatic heterocycles. The number of hydrogen-bond acceptors (Lipinski definition) is 1. The summed E-state index contributed by atoms with van der Waals surface area (Å²) in [6.07, 6.45) is 1.61. The Bertz CT molecular complexity index is 520. The molecule has 0 radical (unpaired) electrons. The van der Waals surface area contributed by atoms with Crippen LogP contribution in [0.1, 0.15) is 0 Å². The van der Waals surface area contributed by atoms with Gasteiger partial charge >= 0.3 is 0 Å². The van der Waals surface area contributed by atoms with Crippen molar-refractivity contribution < 1.29 is 0 Å². The lowest BCUT2D eigenvalue weighted by atomic mass is 10.2. The van der Waals surface area contributed by atoms with Crippen molar-refractivity contribution in [3.63, 3.8) is 0 Å². The second kappa shape index (κ2) is 3.16. The molecule has 0 fully saturated rings. The van der Waals surface area contributed by atoms with Gasteiger partial charge in [-0.05, 0) is 28.1 Å². The maximum atomic E-state index is 11.4. The summed E-state index contributed by atoms with van der Waals surface area (Å²) >= 11 is 9.23. The molecular formula is C9H5BrClNO. The van der Waals surface area contributed by atoms with E-state index in [9.17, 15) is 4.79 Å². The molecule has 0 amide bonds. The van der Waals surface area contributed by atoms with Gasteiger partial charge in [0.05, 0.1) is 15.9 Å². The zero-order valence-corrected chi connectivity index (χ0v) is 8.82. The fraction of sp³-hybridized carbons (Fsp3) is 0. The molecule has 4 heteroatoms. The highest BCUT2D eigenvalue weighted by Gasteiger charge is 2.05. The number of hydrogen-bond donors (Lipinski definition) is 1. The highest BCUT2D eigenvalue weighted by atomic mass is 79.9. The van der Waals surface area contributed by atoms with E-state index in [1.54, 1.807) is 12.3 Å². The van der Waals surface area contributed by atoms with Crippen LogP contribution in [-0.4, -0.2) is 4.98 Å². The molecule has 0 bridgehead atoms. The SMILES string of the molecule is O=c1cc[nH]c2ccc(Br)c(Cl)c12. The van der Waals surface area contributed by atoms with E-state index in [1.165, 1.54) is 6.07 Å². The quantitative estimate of drug-likeness (QED) is 0.774. The van der Waals surface area contributed by atoms with E-state index in [1.807, 2.05) is 6.07 Å². The first-order valence-electron chi connectivity index (χ1n) is 3.65. The van der Waals surface area contributed by atoms with Gasteiger partial charge < -0.3 is 4.98 Å². The minimum Gasteiger partial charge on any atom is -0.361 e. The van der Waals surface area contributed by atoms with Crippen LogP contribution in [0.2, 0.25) is 5.02 Å². The number of aromatic nitrogens is 1. The van der Waals surface area contributed by atoms with Gasteiger partial charge in [-0.3, -0.25) is 4.79 Å². The summed E-state index contributed by atoms with van der Waals surface area (Å²) in [5.74, 6) is 0. The van der Waals surface area contributed by atoms with Crippen molar-refractivity contribution in [1.29, 1.82) is 0 Å². The number of fused-ring (bicyclic) bond motifs is 1. The Hall–Kier alpha value is -0.800. The van der Waals surface area contributed by atoms with Crippen molar-refractivity contribution >= 4 is 38.4 Å². The Morgan fingerprint density at radius 2 is 2.08 bits per heavy atom. The van der Waals surface area contributed by atoms with E-state index < -0.39 is 0 Å². The fourth-order valence-electron chi connectivity index (χ4n) is 1.20. The summed E-state index contributed by atoms with van der Waals surface area (Å²) in [6, 6.07) is 5.08. The van der Waals surface area contributed by atoms with Crippen molar-refractivity contribution in [3.8, 4) is 0 Å². The van der Waals surface area contributed by atoms with Crippen LogP contribution in [0.5, 0.6) is 0 Å². The normalized spacial score (nSPS) is 10.6. The molecule has 0 aliphatic carbocycles. The Labute approximate surface area is 87.7 Å². The maximum Gasteiger partial charge on any atom is 0.190 e. The Kier molecular flexibility index (Phi) is 2.14. The van der Waals surface area contributed by atoms with Crippen molar-refractivity contribution in [1.82, 2.24) is 4.98 Å². The van der Waals surface area contributed by atoms with Gasteiger partial charge in [-0.15, -0.1) is 0 Å². The molecule has 0 spiro atoms. The number of nitrogens with one attached hydrogen (secondary N) is 1. The molecule has 1 N–H and O–H groups in total. The predicted molar refractivity (Wildman–Crippen MR) is 57.3 cm³/mol. The van der Waals surface area contributed by atoms with E-state index in [2.05, 4.69) is 20.9 Å². The van der Waals surface area contributed by atoms with Gasteiger partial charge in [0.25, 0.3) is 0 Å². The highest BCUT2D eigenvalue weighted by Crippen LogP contribution is 2.27. The van der Waals surface area contributed by atoms with Gasteiger partial charge in [0.1, 0.15) is 0 Å². The average Bonchev–Trinajstić information content (AvgIpc) is 2.12. The topological polar surface area (TPSA) is 32.9 Å². The summed E-state index contributed by atoms with van der Waals surface area (Å²) < 4.78 is 0.735. The van der Waals surface area contributed by atoms with E-state index in [-0.39, 0.29) is 5.43 Å². The number of rotatable bonds is 0. The summed E-state index contributed by atoms with van der Waals surface area (Å²) in [5.41, 5.74) is 0.681. The monoisotopic (exact) mass is 257 g/mol. The van der Waals surface area contributed by atoms with Gasteiger partial charge in [0.2, 0.25) is 0 Å². The van der Waals surface area contributed by atoms with E-state index in [4.69, 9.17) is 11.6 Å². The van der Waals surface area contributed by atoms with Crippen LogP contribution >= 0.6 is 27.5 Å². The largest absolute Gasteiger partial charge is 0.361 e. The Morgan fingerprint density at radius 1 is 1.31 bits per heavy atom. The first-order valence-corrected chi connectivity index (χ1v) is 4.82. The molecule has 2 rings (SSSR count). The van der Waals surface area contributed by atoms with Crippen molar-refractivity contribution in [2.24, 2.45) is 0 Å². The zero-order chi connectivity index (χ0) is 9.42. The van der Waals surface area contributed by atoms with E-state index in [0.29, 0.717) is 10.4 Å². The number of aromatic amines is 1. The second-order valence-corrected chi connectivity index (χ2v) is 3.86. The lowest BCUT2D eigenvalue weighted by Crippen LogP contribution is -2.00. The standard InChI is InChI=1S/C9H5BrClNO/c10-5-1-2-6-8(9(5)11)7(13)3-4-12-6/h1-4H,(H,12,13). The van der Waals surface area contributed by atoms with Crippen LogP contribution in [0.15, 0.2) is 33.7 Å². The molecular weight excluding hydrogens is 253 g/mol. The molecule has 1 heterocycles. The van der Waals surface area contributed by atoms with Crippen LogP contribution in [0.3, 0.4) is 0 Å². The van der Waals surface area contributed by atoms with Crippen molar-refractivity contribution in [2.75, 3.05) is 0 Å². The van der Waals surface area contributed by atoms with Crippen LogP contribution in [0, 0.1) is 0 Å². The van der Waals surface area contributed by atoms with Crippen LogP contribution in [0.25, 0.3) is 10.9 Å². The molecule has 66 valence electrons. The van der Waals surface area contributed by atoms with Gasteiger partial charge in [0, 0.05) is 16.7 Å². The molecule has 0 atom stereocenters. The Balaban J connectivity index is 3.06. The predicted octanol–water partition coefficient (Wildman–Crippen LogP) is 2.94. The molecule has 13 heavy (non-hydrogen) atoms. The van der Waals surface area contributed by atoms with E-state index >= 15 is 0 Å². The molecule has 0 unspecified atom stereocenters. The fourth-order valence-corrected chi connectivity index (χ4v) is 1.79. The third-order valence-electron chi connectivity index (χ3n) is 1.81. The van der Waals surface area contributed by atoms with Gasteiger partial charge in [-0.25, -0.2) is 0 Å². The summed E-state index contributed by atoms with van der Waals surface area (Å²) in [4.78, 5) is 14.4. The number of halogens is 2. The lowest BCUT2D eigenvalue weighted by Gasteiger charge is -2.00. The molecule has 2 aromatic rings. The maximum absolute atomic E-state index is 11.4. The number of benzene rings is 1. The average molecular weight is 259 g/mol. The third-order valence-corrected chi connectivity index (χ3v) is 3.10. The molecule has 0 aliphatic heterocycles. The first-order chi connectivity index (χ1) is 6.20. The van der Waals surface area contributed by atoms with Crippen molar-refractivity contribution in [3.05, 3.63) is 44.1 Å². The van der Waals surface area contributed by atoms with Crippen molar-refractivity contribution in [2.45, 2.75) is 0 Å². The molecule has 0 saturated carbocycles. The second-order valence-electron chi connectivity index (χ2n) is 2.63. The number of pyridine rings is 1. The third kappa shape index (κ3) is 1.38. The minimum atomic E-state index is -0.0694. The molecule has 0 saturated heterocycles. The lowest BCUT2D eigenvalue weighted by molar-refractivity contribution is 1.39. The zero-order valence-electron chi connectivity index (χ0n) is 6.47. The van der Waals surface area contributed by atoms with Gasteiger partial charge in [-0.1, -0.05) is 11.6 Å². The minimum absolute atomic E-state index is 0.0694. The summed E-state index contributed by atoms with van der Waals surface area (Å²) in [7, 11) is 0. The molecule has 2 nitrogen and oxygen atoms in total. The first kappa shape index (κ1) is 8.78. The summed E-state index contributed by atoms with van der Waals surface area (Å²) in [5, 5.41) is 0.984. The smallest absolute Gasteiger partial charge is 0.190 e. The Morgan fingerprint density at radius 3 is 2.85 bits per heavy atom. The molecule has 0 aliphatic rings. The van der Waals surface area contributed by atoms with Crippen LogP contribution in [-0.2, 0) is 0 Å². The van der Waals surface area contributed by atoms with E-state index in [0.717, 1.165) is 9.99 Å². The van der Waals surface area contributed by atoms with Gasteiger partial charge in [-0.2, -0.15) is 0 Å². The van der Waals surface area contributed by atoms with Gasteiger partial charge in [0.15, 0.2) is 5.43 Å².